The summed E-state index contributed by atoms with van der Waals surface area (Å²) < 4.78 is 17.9. The highest BCUT2D eigenvalue weighted by Gasteiger charge is 2.04. The Morgan fingerprint density at radius 3 is 2.38 bits per heavy atom. The Bertz CT molecular complexity index is 704. The standard InChI is InChI=1S/C18H13FO2/c1-14(20)21-18(16-7-3-2-4-8-16)9-5-6-15-10-12-17(19)13-11-15/h2-4,7-13H,1H3/b18-9-. The maximum Gasteiger partial charge on any atom is 0.308 e. The molecule has 0 bridgehead atoms. The zero-order chi connectivity index (χ0) is 15.1. The lowest BCUT2D eigenvalue weighted by Gasteiger charge is -2.05. The molecule has 2 aromatic rings. The minimum Gasteiger partial charge on any atom is -0.425 e. The van der Waals surface area contributed by atoms with Crippen LogP contribution in [0.25, 0.3) is 5.76 Å². The van der Waals surface area contributed by atoms with Gasteiger partial charge >= 0.3 is 5.97 Å². The van der Waals surface area contributed by atoms with E-state index < -0.39 is 5.97 Å². The van der Waals surface area contributed by atoms with Gasteiger partial charge in [0.05, 0.1) is 0 Å². The molecule has 0 spiro atoms. The van der Waals surface area contributed by atoms with Gasteiger partial charge in [0.25, 0.3) is 0 Å². The molecular weight excluding hydrogens is 267 g/mol. The second-order valence-electron chi connectivity index (χ2n) is 4.24. The fourth-order valence-corrected chi connectivity index (χ4v) is 1.65. The number of hydrogen-bond acceptors (Lipinski definition) is 2. The summed E-state index contributed by atoms with van der Waals surface area (Å²) in [5.74, 6) is 5.35. The van der Waals surface area contributed by atoms with Crippen molar-refractivity contribution in [2.75, 3.05) is 0 Å². The maximum atomic E-state index is 12.8. The van der Waals surface area contributed by atoms with Crippen LogP contribution in [0.5, 0.6) is 0 Å². The molecule has 0 saturated carbocycles. The van der Waals surface area contributed by atoms with Crippen LogP contribution in [0.15, 0.2) is 60.7 Å². The molecule has 2 rings (SSSR count). The molecule has 3 heteroatoms. The first-order valence-electron chi connectivity index (χ1n) is 6.36. The molecule has 0 atom stereocenters. The first kappa shape index (κ1) is 14.5. The van der Waals surface area contributed by atoms with Gasteiger partial charge in [0.1, 0.15) is 11.6 Å². The van der Waals surface area contributed by atoms with E-state index in [-0.39, 0.29) is 5.82 Å². The van der Waals surface area contributed by atoms with Gasteiger partial charge in [-0.2, -0.15) is 0 Å². The largest absolute Gasteiger partial charge is 0.425 e. The van der Waals surface area contributed by atoms with Crippen LogP contribution in [0.3, 0.4) is 0 Å². The second-order valence-corrected chi connectivity index (χ2v) is 4.24. The molecule has 21 heavy (non-hydrogen) atoms. The topological polar surface area (TPSA) is 26.3 Å². The van der Waals surface area contributed by atoms with E-state index in [1.807, 2.05) is 30.3 Å². The summed E-state index contributed by atoms with van der Waals surface area (Å²) in [6.45, 7) is 1.34. The number of benzene rings is 2. The number of hydrogen-bond donors (Lipinski definition) is 0. The molecule has 0 unspecified atom stereocenters. The molecule has 0 aliphatic heterocycles. The molecule has 0 N–H and O–H groups in total. The van der Waals surface area contributed by atoms with Gasteiger partial charge in [-0.15, -0.1) is 0 Å². The number of rotatable bonds is 2. The predicted octanol–water partition coefficient (Wildman–Crippen LogP) is 3.78. The Morgan fingerprint density at radius 1 is 1.10 bits per heavy atom. The van der Waals surface area contributed by atoms with Crippen molar-refractivity contribution in [1.29, 1.82) is 0 Å². The molecule has 2 nitrogen and oxygen atoms in total. The Hall–Kier alpha value is -2.86. The van der Waals surface area contributed by atoms with Gasteiger partial charge in [-0.3, -0.25) is 4.79 Å². The Labute approximate surface area is 122 Å². The van der Waals surface area contributed by atoms with Crippen LogP contribution in [-0.2, 0) is 9.53 Å². The van der Waals surface area contributed by atoms with Gasteiger partial charge in [-0.1, -0.05) is 42.2 Å². The van der Waals surface area contributed by atoms with Crippen LogP contribution in [0.1, 0.15) is 18.1 Å². The first-order valence-corrected chi connectivity index (χ1v) is 6.36. The lowest BCUT2D eigenvalue weighted by atomic mass is 10.1. The molecule has 0 aromatic heterocycles. The lowest BCUT2D eigenvalue weighted by Crippen LogP contribution is -1.98. The molecule has 0 aliphatic rings. The summed E-state index contributed by atoms with van der Waals surface area (Å²) in [5.41, 5.74) is 1.45. The quantitative estimate of drug-likeness (QED) is 0.475. The molecule has 0 saturated heterocycles. The van der Waals surface area contributed by atoms with Gasteiger partial charge in [0.15, 0.2) is 0 Å². The minimum atomic E-state index is -0.409. The van der Waals surface area contributed by atoms with Crippen molar-refractivity contribution in [2.24, 2.45) is 0 Å². The third-order valence-corrected chi connectivity index (χ3v) is 2.58. The van der Waals surface area contributed by atoms with E-state index in [1.54, 1.807) is 12.1 Å². The number of carbonyl (C=O) groups excluding carboxylic acids is 1. The second kappa shape index (κ2) is 7.06. The number of allylic oxidation sites excluding steroid dienone is 1. The van der Waals surface area contributed by atoms with Crippen LogP contribution >= 0.6 is 0 Å². The Balaban J connectivity index is 2.25. The number of halogens is 1. The van der Waals surface area contributed by atoms with Crippen molar-refractivity contribution in [3.05, 3.63) is 77.6 Å². The van der Waals surface area contributed by atoms with Gasteiger partial charge < -0.3 is 4.74 Å². The van der Waals surface area contributed by atoms with Crippen molar-refractivity contribution >= 4 is 11.7 Å². The summed E-state index contributed by atoms with van der Waals surface area (Å²) in [6.07, 6.45) is 1.53. The summed E-state index contributed by atoms with van der Waals surface area (Å²) in [7, 11) is 0. The Morgan fingerprint density at radius 2 is 1.76 bits per heavy atom. The normalized spacial score (nSPS) is 10.5. The van der Waals surface area contributed by atoms with Gasteiger partial charge in [0.2, 0.25) is 0 Å². The summed E-state index contributed by atoms with van der Waals surface area (Å²) >= 11 is 0. The molecule has 0 heterocycles. The average molecular weight is 280 g/mol. The van der Waals surface area contributed by atoms with Crippen LogP contribution in [-0.4, -0.2) is 5.97 Å². The molecule has 104 valence electrons. The highest BCUT2D eigenvalue weighted by molar-refractivity contribution is 5.77. The van der Waals surface area contributed by atoms with Crippen molar-refractivity contribution in [1.82, 2.24) is 0 Å². The Kier molecular flexibility index (Phi) is 4.89. The van der Waals surface area contributed by atoms with E-state index in [1.165, 1.54) is 25.1 Å². The average Bonchev–Trinajstić information content (AvgIpc) is 2.49. The zero-order valence-electron chi connectivity index (χ0n) is 11.5. The fraction of sp³-hybridized carbons (Fsp3) is 0.0556. The smallest absolute Gasteiger partial charge is 0.308 e. The number of esters is 1. The predicted molar refractivity (Wildman–Crippen MR) is 79.5 cm³/mol. The van der Waals surface area contributed by atoms with Crippen LogP contribution in [0, 0.1) is 17.7 Å². The zero-order valence-corrected chi connectivity index (χ0v) is 11.5. The van der Waals surface area contributed by atoms with Gasteiger partial charge in [-0.05, 0) is 24.3 Å². The van der Waals surface area contributed by atoms with Crippen LogP contribution in [0.2, 0.25) is 0 Å². The summed E-state index contributed by atoms with van der Waals surface area (Å²) in [5, 5.41) is 0. The number of carbonyl (C=O) groups is 1. The number of ether oxygens (including phenoxy) is 1. The van der Waals surface area contributed by atoms with Crippen molar-refractivity contribution in [3.63, 3.8) is 0 Å². The first-order chi connectivity index (χ1) is 10.1. The van der Waals surface area contributed by atoms with Crippen LogP contribution < -0.4 is 0 Å². The third kappa shape index (κ3) is 4.63. The molecular formula is C18H13FO2. The summed E-state index contributed by atoms with van der Waals surface area (Å²) in [4.78, 5) is 11.1. The van der Waals surface area contributed by atoms with E-state index >= 15 is 0 Å². The minimum absolute atomic E-state index is 0.305. The van der Waals surface area contributed by atoms with Crippen LogP contribution in [0.4, 0.5) is 4.39 Å². The highest BCUT2D eigenvalue weighted by Crippen LogP contribution is 2.15. The highest BCUT2D eigenvalue weighted by atomic mass is 19.1. The fourth-order valence-electron chi connectivity index (χ4n) is 1.65. The molecule has 2 aromatic carbocycles. The summed E-state index contributed by atoms with van der Waals surface area (Å²) in [6, 6.07) is 15.1. The molecule has 0 aliphatic carbocycles. The van der Waals surface area contributed by atoms with E-state index in [0.717, 1.165) is 5.56 Å². The van der Waals surface area contributed by atoms with Crippen molar-refractivity contribution < 1.29 is 13.9 Å². The van der Waals surface area contributed by atoms with Gasteiger partial charge in [0, 0.05) is 24.1 Å². The van der Waals surface area contributed by atoms with Crippen molar-refractivity contribution in [2.45, 2.75) is 6.92 Å². The van der Waals surface area contributed by atoms with E-state index in [4.69, 9.17) is 4.74 Å². The third-order valence-electron chi connectivity index (χ3n) is 2.58. The van der Waals surface area contributed by atoms with E-state index in [2.05, 4.69) is 11.8 Å². The molecule has 0 amide bonds. The maximum absolute atomic E-state index is 12.8. The monoisotopic (exact) mass is 280 g/mol. The molecule has 0 fully saturated rings. The van der Waals surface area contributed by atoms with Crippen molar-refractivity contribution in [3.8, 4) is 11.8 Å². The lowest BCUT2D eigenvalue weighted by molar-refractivity contribution is -0.134. The molecule has 0 radical (unpaired) electrons. The van der Waals surface area contributed by atoms with E-state index in [9.17, 15) is 9.18 Å². The SMILES string of the molecule is CC(=O)O/C(=C\C#Cc1ccc(F)cc1)c1ccccc1. The van der Waals surface area contributed by atoms with Gasteiger partial charge in [-0.25, -0.2) is 4.39 Å². The van der Waals surface area contributed by atoms with E-state index in [0.29, 0.717) is 11.3 Å².